The lowest BCUT2D eigenvalue weighted by Crippen LogP contribution is -1.90. The molecule has 0 aromatic carbocycles. The molecule has 0 aliphatic heterocycles. The van der Waals surface area contributed by atoms with Crippen LogP contribution in [0.25, 0.3) is 0 Å². The summed E-state index contributed by atoms with van der Waals surface area (Å²) in [6.07, 6.45) is 0. The molecule has 0 saturated heterocycles. The molecule has 43 valence electrons. The monoisotopic (exact) mass is 119 g/mol. The summed E-state index contributed by atoms with van der Waals surface area (Å²) in [4.78, 5) is 0. The van der Waals surface area contributed by atoms with Crippen molar-refractivity contribution in [1.82, 2.24) is 0 Å². The first-order chi connectivity index (χ1) is 3.27. The van der Waals surface area contributed by atoms with E-state index in [-0.39, 0.29) is 5.94 Å². The van der Waals surface area contributed by atoms with Crippen molar-refractivity contribution >= 4 is 11.8 Å². The van der Waals surface area contributed by atoms with Gasteiger partial charge in [-0.1, -0.05) is 13.8 Å². The molecule has 2 heteroatoms. The topological polar surface area (TPSA) is 19.9 Å². The fourth-order valence-corrected chi connectivity index (χ4v) is 0.851. The molecule has 0 spiro atoms. The lowest BCUT2D eigenvalue weighted by molar-refractivity contribution is 0.260. The van der Waals surface area contributed by atoms with Gasteiger partial charge in [-0.25, -0.2) is 5.11 Å². The number of thioether (sulfide) groups is 1. The van der Waals surface area contributed by atoms with Crippen LogP contribution in [0, 0.1) is 5.92 Å². The highest BCUT2D eigenvalue weighted by Crippen LogP contribution is 2.04. The van der Waals surface area contributed by atoms with Gasteiger partial charge in [0.1, 0.15) is 5.94 Å². The SMILES string of the molecule is CC(C)CSC[O]. The van der Waals surface area contributed by atoms with Gasteiger partial charge in [0, 0.05) is 0 Å². The van der Waals surface area contributed by atoms with Crippen LogP contribution in [-0.2, 0) is 5.11 Å². The first-order valence-electron chi connectivity index (χ1n) is 2.43. The van der Waals surface area contributed by atoms with Crippen molar-refractivity contribution in [3.8, 4) is 0 Å². The Hall–Kier alpha value is 0.310. The average Bonchev–Trinajstić information content (AvgIpc) is 1.61. The van der Waals surface area contributed by atoms with Crippen molar-refractivity contribution in [3.05, 3.63) is 0 Å². The fraction of sp³-hybridized carbons (Fsp3) is 1.00. The van der Waals surface area contributed by atoms with E-state index in [2.05, 4.69) is 13.8 Å². The summed E-state index contributed by atoms with van der Waals surface area (Å²) in [5.74, 6) is 1.68. The molecule has 1 nitrogen and oxygen atoms in total. The van der Waals surface area contributed by atoms with Crippen molar-refractivity contribution < 1.29 is 5.11 Å². The van der Waals surface area contributed by atoms with Gasteiger partial charge in [-0.15, -0.1) is 11.8 Å². The van der Waals surface area contributed by atoms with E-state index in [4.69, 9.17) is 0 Å². The van der Waals surface area contributed by atoms with Crippen LogP contribution >= 0.6 is 11.8 Å². The molecule has 0 N–H and O–H groups in total. The van der Waals surface area contributed by atoms with Gasteiger partial charge in [0.15, 0.2) is 0 Å². The standard InChI is InChI=1S/C5H11OS/c1-5(2)3-7-4-6/h5H,3-4H2,1-2H3. The van der Waals surface area contributed by atoms with Gasteiger partial charge in [0.05, 0.1) is 0 Å². The number of hydrogen-bond donors (Lipinski definition) is 0. The summed E-state index contributed by atoms with van der Waals surface area (Å²) in [5.41, 5.74) is 0. The lowest BCUT2D eigenvalue weighted by Gasteiger charge is -1.97. The second kappa shape index (κ2) is 4.47. The van der Waals surface area contributed by atoms with E-state index in [1.807, 2.05) is 0 Å². The van der Waals surface area contributed by atoms with E-state index in [1.54, 1.807) is 0 Å². The van der Waals surface area contributed by atoms with Crippen molar-refractivity contribution in [2.45, 2.75) is 13.8 Å². The van der Waals surface area contributed by atoms with E-state index in [0.717, 1.165) is 5.75 Å². The van der Waals surface area contributed by atoms with Gasteiger partial charge >= 0.3 is 0 Å². The van der Waals surface area contributed by atoms with Crippen LogP contribution in [0.5, 0.6) is 0 Å². The number of hydrogen-bond acceptors (Lipinski definition) is 1. The summed E-state index contributed by atoms with van der Waals surface area (Å²) in [6.45, 7) is 4.23. The van der Waals surface area contributed by atoms with Crippen LogP contribution in [0.3, 0.4) is 0 Å². The van der Waals surface area contributed by atoms with Crippen LogP contribution in [-0.4, -0.2) is 11.7 Å². The average molecular weight is 119 g/mol. The summed E-state index contributed by atoms with van der Waals surface area (Å²) in [7, 11) is 0. The molecule has 0 aliphatic carbocycles. The Bertz CT molecular complexity index is 37.1. The van der Waals surface area contributed by atoms with Gasteiger partial charge in [-0.3, -0.25) is 0 Å². The first kappa shape index (κ1) is 7.31. The third-order valence-corrected chi connectivity index (χ3v) is 1.60. The lowest BCUT2D eigenvalue weighted by atomic mass is 10.3. The van der Waals surface area contributed by atoms with Gasteiger partial charge in [-0.2, -0.15) is 0 Å². The second-order valence-electron chi connectivity index (χ2n) is 1.88. The predicted molar refractivity (Wildman–Crippen MR) is 32.8 cm³/mol. The molecule has 0 amide bonds. The molecule has 0 saturated carbocycles. The molecule has 0 unspecified atom stereocenters. The van der Waals surface area contributed by atoms with E-state index >= 15 is 0 Å². The normalized spacial score (nSPS) is 10.3. The zero-order valence-corrected chi connectivity index (χ0v) is 5.62. The maximum atomic E-state index is 9.80. The van der Waals surface area contributed by atoms with Crippen LogP contribution in [0.2, 0.25) is 0 Å². The van der Waals surface area contributed by atoms with E-state index in [9.17, 15) is 5.11 Å². The molecule has 0 aromatic rings. The third kappa shape index (κ3) is 6.31. The Morgan fingerprint density at radius 1 is 1.57 bits per heavy atom. The van der Waals surface area contributed by atoms with Crippen molar-refractivity contribution in [2.24, 2.45) is 5.92 Å². The Morgan fingerprint density at radius 2 is 2.14 bits per heavy atom. The smallest absolute Gasteiger partial charge is 0.128 e. The van der Waals surface area contributed by atoms with Crippen molar-refractivity contribution in [1.29, 1.82) is 0 Å². The summed E-state index contributed by atoms with van der Waals surface area (Å²) in [6, 6.07) is 0. The molecule has 0 aromatic heterocycles. The summed E-state index contributed by atoms with van der Waals surface area (Å²) >= 11 is 1.46. The van der Waals surface area contributed by atoms with Crippen LogP contribution in [0.15, 0.2) is 0 Å². The maximum Gasteiger partial charge on any atom is 0.128 e. The zero-order valence-electron chi connectivity index (χ0n) is 4.81. The van der Waals surface area contributed by atoms with Gasteiger partial charge in [0.25, 0.3) is 0 Å². The highest BCUT2D eigenvalue weighted by Gasteiger charge is 1.90. The maximum absolute atomic E-state index is 9.80. The molecule has 0 aliphatic rings. The van der Waals surface area contributed by atoms with Gasteiger partial charge in [-0.05, 0) is 11.7 Å². The Labute approximate surface area is 49.1 Å². The molecule has 0 fully saturated rings. The van der Waals surface area contributed by atoms with Crippen LogP contribution in [0.4, 0.5) is 0 Å². The minimum absolute atomic E-state index is 0.0121. The van der Waals surface area contributed by atoms with Gasteiger partial charge < -0.3 is 0 Å². The molecular weight excluding hydrogens is 108 g/mol. The van der Waals surface area contributed by atoms with Crippen LogP contribution < -0.4 is 0 Å². The number of rotatable bonds is 3. The zero-order chi connectivity index (χ0) is 5.70. The Balaban J connectivity index is 2.68. The molecule has 0 atom stereocenters. The highest BCUT2D eigenvalue weighted by atomic mass is 32.2. The van der Waals surface area contributed by atoms with Crippen molar-refractivity contribution in [2.75, 3.05) is 11.7 Å². The summed E-state index contributed by atoms with van der Waals surface area (Å²) in [5, 5.41) is 9.80. The molecule has 0 bridgehead atoms. The molecule has 0 rings (SSSR count). The van der Waals surface area contributed by atoms with Gasteiger partial charge in [0.2, 0.25) is 0 Å². The van der Waals surface area contributed by atoms with Crippen molar-refractivity contribution in [3.63, 3.8) is 0 Å². The quantitative estimate of drug-likeness (QED) is 0.518. The first-order valence-corrected chi connectivity index (χ1v) is 3.58. The largest absolute Gasteiger partial charge is 0.225 e. The highest BCUT2D eigenvalue weighted by molar-refractivity contribution is 7.99. The minimum Gasteiger partial charge on any atom is -0.225 e. The van der Waals surface area contributed by atoms with Crippen LogP contribution in [0.1, 0.15) is 13.8 Å². The van der Waals surface area contributed by atoms with E-state index in [1.165, 1.54) is 11.8 Å². The second-order valence-corrected chi connectivity index (χ2v) is 2.86. The predicted octanol–water partition coefficient (Wildman–Crippen LogP) is 1.76. The molecular formula is C5H11OS. The van der Waals surface area contributed by atoms with E-state index in [0.29, 0.717) is 5.92 Å². The molecule has 7 heavy (non-hydrogen) atoms. The Kier molecular flexibility index (Phi) is 4.67. The summed E-state index contributed by atoms with van der Waals surface area (Å²) < 4.78 is 0. The fourth-order valence-electron chi connectivity index (χ4n) is 0.284. The third-order valence-electron chi connectivity index (χ3n) is 0.535. The Morgan fingerprint density at radius 3 is 2.29 bits per heavy atom. The molecule has 0 heterocycles. The molecule has 1 radical (unpaired) electrons. The minimum atomic E-state index is 0.0121. The van der Waals surface area contributed by atoms with E-state index < -0.39 is 0 Å².